The van der Waals surface area contributed by atoms with Gasteiger partial charge in [0, 0.05) is 0 Å². The van der Waals surface area contributed by atoms with Gasteiger partial charge < -0.3 is 5.32 Å². The van der Waals surface area contributed by atoms with Crippen LogP contribution in [0.5, 0.6) is 0 Å². The van der Waals surface area contributed by atoms with E-state index in [0.29, 0.717) is 10.4 Å². The maximum Gasteiger partial charge on any atom is 0.417 e. The summed E-state index contributed by atoms with van der Waals surface area (Å²) in [7, 11) is -4.40. The number of anilines is 1. The van der Waals surface area contributed by atoms with Crippen LogP contribution in [0, 0.1) is 27.7 Å². The molecule has 10 heteroatoms. The fourth-order valence-corrected chi connectivity index (χ4v) is 5.62. The number of amides is 1. The fraction of sp³-hybridized carbons (Fsp3) is 0.296. The van der Waals surface area contributed by atoms with Crippen LogP contribution >= 0.6 is 11.6 Å². The molecule has 1 amide bonds. The highest BCUT2D eigenvalue weighted by molar-refractivity contribution is 7.92. The molecule has 0 spiro atoms. The summed E-state index contributed by atoms with van der Waals surface area (Å²) in [6.07, 6.45) is -4.82. The zero-order valence-corrected chi connectivity index (χ0v) is 22.6. The number of aryl methyl sites for hydroxylation is 4. The van der Waals surface area contributed by atoms with Crippen LogP contribution in [0.1, 0.15) is 46.3 Å². The molecular formula is C27H28ClF3N2O3S. The summed E-state index contributed by atoms with van der Waals surface area (Å²) in [5.74, 6) is -0.677. The number of rotatable bonds is 7. The second kappa shape index (κ2) is 10.8. The minimum atomic E-state index is -4.82. The standard InChI is InChI=1S/C27H28ClF3N2O3S/c1-16-6-9-22(10-7-16)37(35,36)33(21-8-11-25(28)24(14-21)27(29,30)31)15-26(34)32-20(5)23-13-18(3)17(2)12-19(23)4/h6-14,20H,15H2,1-5H3,(H,32,34)/t20-/m1/s1. The number of benzene rings is 3. The molecule has 0 aliphatic heterocycles. The molecule has 0 aliphatic rings. The quantitative estimate of drug-likeness (QED) is 0.356. The van der Waals surface area contributed by atoms with Crippen molar-refractivity contribution in [2.45, 2.75) is 51.7 Å². The van der Waals surface area contributed by atoms with Gasteiger partial charge in [0.15, 0.2) is 0 Å². The normalized spacial score (nSPS) is 12.8. The van der Waals surface area contributed by atoms with E-state index in [2.05, 4.69) is 5.32 Å². The van der Waals surface area contributed by atoms with E-state index in [4.69, 9.17) is 11.6 Å². The van der Waals surface area contributed by atoms with Gasteiger partial charge in [0.25, 0.3) is 10.0 Å². The Kier molecular flexibility index (Phi) is 8.29. The number of alkyl halides is 3. The lowest BCUT2D eigenvalue weighted by molar-refractivity contribution is -0.137. The molecule has 0 fully saturated rings. The first kappa shape index (κ1) is 28.5. The number of sulfonamides is 1. The van der Waals surface area contributed by atoms with E-state index in [1.807, 2.05) is 32.9 Å². The number of hydrogen-bond donors (Lipinski definition) is 1. The molecule has 3 aromatic carbocycles. The van der Waals surface area contributed by atoms with Crippen LogP contribution in [0.4, 0.5) is 18.9 Å². The maximum atomic E-state index is 13.5. The van der Waals surface area contributed by atoms with Crippen molar-refractivity contribution in [2.24, 2.45) is 0 Å². The second-order valence-electron chi connectivity index (χ2n) is 9.07. The van der Waals surface area contributed by atoms with Crippen LogP contribution in [0.2, 0.25) is 5.02 Å². The van der Waals surface area contributed by atoms with Crippen LogP contribution in [0.25, 0.3) is 0 Å². The summed E-state index contributed by atoms with van der Waals surface area (Å²) in [6, 6.07) is 12.1. The predicted octanol–water partition coefficient (Wildman–Crippen LogP) is 6.67. The third-order valence-corrected chi connectivity index (χ3v) is 8.28. The smallest absolute Gasteiger partial charge is 0.348 e. The lowest BCUT2D eigenvalue weighted by Gasteiger charge is -2.26. The van der Waals surface area contributed by atoms with E-state index < -0.39 is 45.3 Å². The summed E-state index contributed by atoms with van der Waals surface area (Å²) in [4.78, 5) is 12.9. The molecular weight excluding hydrogens is 525 g/mol. The second-order valence-corrected chi connectivity index (χ2v) is 11.3. The van der Waals surface area contributed by atoms with E-state index in [0.717, 1.165) is 39.9 Å². The van der Waals surface area contributed by atoms with Crippen molar-refractivity contribution in [2.75, 3.05) is 10.8 Å². The highest BCUT2D eigenvalue weighted by atomic mass is 35.5. The molecule has 0 unspecified atom stereocenters. The van der Waals surface area contributed by atoms with E-state index in [1.165, 1.54) is 12.1 Å². The summed E-state index contributed by atoms with van der Waals surface area (Å²) in [5, 5.41) is 2.20. The van der Waals surface area contributed by atoms with E-state index in [1.54, 1.807) is 26.0 Å². The van der Waals surface area contributed by atoms with Crippen molar-refractivity contribution in [3.63, 3.8) is 0 Å². The Morgan fingerprint density at radius 1 is 0.946 bits per heavy atom. The van der Waals surface area contributed by atoms with E-state index in [9.17, 15) is 26.4 Å². The van der Waals surface area contributed by atoms with Crippen molar-refractivity contribution in [1.82, 2.24) is 5.32 Å². The molecule has 37 heavy (non-hydrogen) atoms. The SMILES string of the molecule is Cc1ccc(S(=O)(=O)N(CC(=O)N[C@H](C)c2cc(C)c(C)cc2C)c2ccc(Cl)c(C(F)(F)F)c2)cc1. The lowest BCUT2D eigenvalue weighted by atomic mass is 9.96. The predicted molar refractivity (Wildman–Crippen MR) is 139 cm³/mol. The Morgan fingerprint density at radius 3 is 2.14 bits per heavy atom. The van der Waals surface area contributed by atoms with Crippen molar-refractivity contribution in [3.05, 3.63) is 93.0 Å². The fourth-order valence-electron chi connectivity index (χ4n) is 3.98. The molecule has 1 N–H and O–H groups in total. The van der Waals surface area contributed by atoms with Crippen LogP contribution in [-0.4, -0.2) is 20.9 Å². The molecule has 5 nitrogen and oxygen atoms in total. The third kappa shape index (κ3) is 6.45. The molecule has 3 rings (SSSR count). The van der Waals surface area contributed by atoms with Gasteiger partial charge in [0.1, 0.15) is 6.54 Å². The van der Waals surface area contributed by atoms with Crippen molar-refractivity contribution >= 4 is 33.2 Å². The topological polar surface area (TPSA) is 66.5 Å². The molecule has 0 aromatic heterocycles. The van der Waals surface area contributed by atoms with E-state index >= 15 is 0 Å². The van der Waals surface area contributed by atoms with Gasteiger partial charge in [-0.3, -0.25) is 9.10 Å². The molecule has 0 radical (unpaired) electrons. The van der Waals surface area contributed by atoms with Crippen LogP contribution < -0.4 is 9.62 Å². The number of nitrogens with one attached hydrogen (secondary N) is 1. The molecule has 0 bridgehead atoms. The number of carbonyl (C=O) groups is 1. The van der Waals surface area contributed by atoms with Crippen molar-refractivity contribution in [1.29, 1.82) is 0 Å². The first-order valence-electron chi connectivity index (χ1n) is 11.4. The Morgan fingerprint density at radius 2 is 1.54 bits per heavy atom. The average molecular weight is 553 g/mol. The minimum absolute atomic E-state index is 0.160. The Labute approximate surface area is 220 Å². The summed E-state index contributed by atoms with van der Waals surface area (Å²) in [5.41, 5.74) is 3.21. The zero-order chi connectivity index (χ0) is 27.7. The summed E-state index contributed by atoms with van der Waals surface area (Å²) < 4.78 is 68.4. The molecule has 1 atom stereocenters. The number of nitrogens with zero attached hydrogens (tertiary/aromatic N) is 1. The highest BCUT2D eigenvalue weighted by Gasteiger charge is 2.35. The molecule has 3 aromatic rings. The highest BCUT2D eigenvalue weighted by Crippen LogP contribution is 2.38. The molecule has 198 valence electrons. The van der Waals surface area contributed by atoms with Gasteiger partial charge in [0.05, 0.1) is 27.2 Å². The van der Waals surface area contributed by atoms with Crippen LogP contribution in [0.15, 0.2) is 59.5 Å². The first-order valence-corrected chi connectivity index (χ1v) is 13.3. The third-order valence-electron chi connectivity index (χ3n) is 6.17. The van der Waals surface area contributed by atoms with Crippen molar-refractivity contribution in [3.8, 4) is 0 Å². The van der Waals surface area contributed by atoms with Gasteiger partial charge in [-0.25, -0.2) is 8.42 Å². The lowest BCUT2D eigenvalue weighted by Crippen LogP contribution is -2.41. The number of halogens is 4. The molecule has 0 saturated heterocycles. The van der Waals surface area contributed by atoms with Crippen LogP contribution in [0.3, 0.4) is 0 Å². The number of hydrogen-bond acceptors (Lipinski definition) is 3. The first-order chi connectivity index (χ1) is 17.1. The van der Waals surface area contributed by atoms with Gasteiger partial charge >= 0.3 is 6.18 Å². The van der Waals surface area contributed by atoms with E-state index in [-0.39, 0.29) is 10.6 Å². The van der Waals surface area contributed by atoms with Crippen molar-refractivity contribution < 1.29 is 26.4 Å². The molecule has 0 saturated carbocycles. The van der Waals surface area contributed by atoms with Crippen LogP contribution in [-0.2, 0) is 21.0 Å². The summed E-state index contributed by atoms with van der Waals surface area (Å²) >= 11 is 5.75. The van der Waals surface area contributed by atoms with Gasteiger partial charge in [-0.15, -0.1) is 0 Å². The molecule has 0 heterocycles. The Balaban J connectivity index is 2.01. The Hall–Kier alpha value is -3.04. The zero-order valence-electron chi connectivity index (χ0n) is 21.1. The largest absolute Gasteiger partial charge is 0.417 e. The maximum absolute atomic E-state index is 13.5. The number of carbonyl (C=O) groups excluding carboxylic acids is 1. The molecule has 0 aliphatic carbocycles. The van der Waals surface area contributed by atoms with Gasteiger partial charge in [-0.2, -0.15) is 13.2 Å². The monoisotopic (exact) mass is 552 g/mol. The average Bonchev–Trinajstić information content (AvgIpc) is 2.79. The van der Waals surface area contributed by atoms with Gasteiger partial charge in [-0.1, -0.05) is 41.4 Å². The Bertz CT molecular complexity index is 1420. The summed E-state index contributed by atoms with van der Waals surface area (Å²) in [6.45, 7) is 8.63. The van der Waals surface area contributed by atoms with Gasteiger partial charge in [0.2, 0.25) is 5.91 Å². The van der Waals surface area contributed by atoms with Gasteiger partial charge in [-0.05, 0) is 87.2 Å². The minimum Gasteiger partial charge on any atom is -0.348 e.